The highest BCUT2D eigenvalue weighted by molar-refractivity contribution is 5.36. The monoisotopic (exact) mass is 456 g/mol. The van der Waals surface area contributed by atoms with Crippen LogP contribution in [0.15, 0.2) is 36.4 Å². The zero-order valence-corrected chi connectivity index (χ0v) is 20.6. The zero-order valence-electron chi connectivity index (χ0n) is 20.6. The zero-order chi connectivity index (χ0) is 23.8. The van der Waals surface area contributed by atoms with Gasteiger partial charge >= 0.3 is 0 Å². The Morgan fingerprint density at radius 1 is 0.697 bits per heavy atom. The summed E-state index contributed by atoms with van der Waals surface area (Å²) in [5, 5.41) is 21.0. The lowest BCUT2D eigenvalue weighted by Gasteiger charge is -2.25. The summed E-state index contributed by atoms with van der Waals surface area (Å²) in [5.41, 5.74) is 4.47. The number of rotatable bonds is 10. The number of hydrogen-bond acceptors (Lipinski definition) is 6. The first-order valence-corrected chi connectivity index (χ1v) is 12.0. The van der Waals surface area contributed by atoms with Gasteiger partial charge in [0.1, 0.15) is 36.9 Å². The van der Waals surface area contributed by atoms with E-state index in [1.165, 1.54) is 0 Å². The normalized spacial score (nSPS) is 17.4. The summed E-state index contributed by atoms with van der Waals surface area (Å²) in [6.07, 6.45) is -0.0594. The van der Waals surface area contributed by atoms with Crippen LogP contribution in [0.1, 0.15) is 28.7 Å². The Morgan fingerprint density at radius 2 is 1.12 bits per heavy atom. The predicted octanol–water partition coefficient (Wildman–Crippen LogP) is 3.11. The van der Waals surface area contributed by atoms with E-state index in [4.69, 9.17) is 9.47 Å². The van der Waals surface area contributed by atoms with Crippen molar-refractivity contribution in [1.29, 1.82) is 0 Å². The van der Waals surface area contributed by atoms with E-state index in [1.807, 2.05) is 52.0 Å². The van der Waals surface area contributed by atoms with Gasteiger partial charge in [-0.25, -0.2) is 0 Å². The van der Waals surface area contributed by atoms with Crippen LogP contribution in [0.2, 0.25) is 0 Å². The van der Waals surface area contributed by atoms with Crippen LogP contribution in [0.4, 0.5) is 0 Å². The maximum atomic E-state index is 10.5. The fraction of sp³-hybridized carbons (Fsp3) is 0.556. The van der Waals surface area contributed by atoms with Crippen LogP contribution >= 0.6 is 0 Å². The van der Waals surface area contributed by atoms with Crippen LogP contribution in [-0.4, -0.2) is 84.7 Å². The van der Waals surface area contributed by atoms with Gasteiger partial charge in [-0.15, -0.1) is 0 Å². The minimum atomic E-state index is -0.534. The number of aryl methyl sites for hydroxylation is 4. The van der Waals surface area contributed by atoms with Crippen molar-refractivity contribution in [3.8, 4) is 11.5 Å². The van der Waals surface area contributed by atoms with Crippen molar-refractivity contribution in [1.82, 2.24) is 9.80 Å². The molecule has 6 heteroatoms. The molecule has 3 rings (SSSR count). The second kappa shape index (κ2) is 12.4. The average Bonchev–Trinajstić information content (AvgIpc) is 3.00. The molecule has 1 fully saturated rings. The highest BCUT2D eigenvalue weighted by Gasteiger charge is 2.20. The molecule has 2 atom stereocenters. The molecule has 6 nitrogen and oxygen atoms in total. The number of aliphatic hydroxyl groups excluding tert-OH is 2. The van der Waals surface area contributed by atoms with E-state index < -0.39 is 12.2 Å². The lowest BCUT2D eigenvalue weighted by atomic mass is 10.1. The molecule has 0 aliphatic carbocycles. The molecule has 33 heavy (non-hydrogen) atoms. The van der Waals surface area contributed by atoms with E-state index >= 15 is 0 Å². The Morgan fingerprint density at radius 3 is 1.55 bits per heavy atom. The third-order valence-electron chi connectivity index (χ3n) is 6.17. The van der Waals surface area contributed by atoms with Crippen LogP contribution in [0.3, 0.4) is 0 Å². The summed E-state index contributed by atoms with van der Waals surface area (Å²) in [5.74, 6) is 1.68. The molecule has 0 bridgehead atoms. The van der Waals surface area contributed by atoms with E-state index in [2.05, 4.69) is 21.9 Å². The molecule has 182 valence electrons. The van der Waals surface area contributed by atoms with Gasteiger partial charge in [0.05, 0.1) is 0 Å². The summed E-state index contributed by atoms with van der Waals surface area (Å²) in [6, 6.07) is 12.2. The third-order valence-corrected chi connectivity index (χ3v) is 6.17. The molecule has 1 aliphatic heterocycles. The summed E-state index contributed by atoms with van der Waals surface area (Å²) in [4.78, 5) is 4.58. The van der Waals surface area contributed by atoms with Gasteiger partial charge in [-0.05, 0) is 81.6 Å². The molecule has 1 saturated heterocycles. The van der Waals surface area contributed by atoms with Crippen LogP contribution in [-0.2, 0) is 0 Å². The first kappa shape index (κ1) is 25.5. The lowest BCUT2D eigenvalue weighted by molar-refractivity contribution is 0.0615. The van der Waals surface area contributed by atoms with Crippen LogP contribution in [0.25, 0.3) is 0 Å². The van der Waals surface area contributed by atoms with Gasteiger partial charge in [-0.2, -0.15) is 0 Å². The molecule has 1 aliphatic rings. The van der Waals surface area contributed by atoms with Crippen molar-refractivity contribution >= 4 is 0 Å². The third kappa shape index (κ3) is 8.31. The first-order chi connectivity index (χ1) is 15.8. The van der Waals surface area contributed by atoms with E-state index in [1.54, 1.807) is 0 Å². The summed E-state index contributed by atoms with van der Waals surface area (Å²) in [6.45, 7) is 13.5. The smallest absolute Gasteiger partial charge is 0.122 e. The number of nitrogens with zero attached hydrogens (tertiary/aromatic N) is 2. The van der Waals surface area contributed by atoms with E-state index in [0.717, 1.165) is 66.4 Å². The molecule has 0 aromatic heterocycles. The number of benzene rings is 2. The van der Waals surface area contributed by atoms with Gasteiger partial charge in [-0.3, -0.25) is 9.80 Å². The Hall–Kier alpha value is -2.12. The van der Waals surface area contributed by atoms with Crippen LogP contribution in [0, 0.1) is 27.7 Å². The van der Waals surface area contributed by atoms with Crippen molar-refractivity contribution in [3.63, 3.8) is 0 Å². The van der Waals surface area contributed by atoms with Crippen molar-refractivity contribution in [2.45, 2.75) is 46.3 Å². The molecule has 0 radical (unpaired) electrons. The van der Waals surface area contributed by atoms with Gasteiger partial charge < -0.3 is 19.7 Å². The largest absolute Gasteiger partial charge is 0.491 e. The van der Waals surface area contributed by atoms with Crippen molar-refractivity contribution in [2.24, 2.45) is 0 Å². The van der Waals surface area contributed by atoms with Gasteiger partial charge in [0.25, 0.3) is 0 Å². The van der Waals surface area contributed by atoms with E-state index in [0.29, 0.717) is 26.3 Å². The van der Waals surface area contributed by atoms with Crippen LogP contribution < -0.4 is 9.47 Å². The maximum absolute atomic E-state index is 10.5. The van der Waals surface area contributed by atoms with E-state index in [9.17, 15) is 10.2 Å². The fourth-order valence-electron chi connectivity index (χ4n) is 4.19. The fourth-order valence-corrected chi connectivity index (χ4v) is 4.19. The molecule has 2 unspecified atom stereocenters. The number of hydrogen-bond donors (Lipinski definition) is 2. The molecular weight excluding hydrogens is 416 g/mol. The summed E-state index contributed by atoms with van der Waals surface area (Å²) in [7, 11) is 0. The average molecular weight is 457 g/mol. The number of β-amino-alcohol motifs (C(OH)–C–C–N with tert-alkyl or cyclic N) is 2. The van der Waals surface area contributed by atoms with E-state index in [-0.39, 0.29) is 0 Å². The molecule has 0 spiro atoms. The first-order valence-electron chi connectivity index (χ1n) is 12.0. The predicted molar refractivity (Wildman–Crippen MR) is 132 cm³/mol. The molecule has 0 saturated carbocycles. The molecule has 2 aromatic carbocycles. The Balaban J connectivity index is 1.38. The summed E-state index contributed by atoms with van der Waals surface area (Å²) < 4.78 is 11.7. The molecule has 0 amide bonds. The lowest BCUT2D eigenvalue weighted by Crippen LogP contribution is -2.40. The highest BCUT2D eigenvalue weighted by Crippen LogP contribution is 2.20. The second-order valence-electron chi connectivity index (χ2n) is 9.42. The van der Waals surface area contributed by atoms with Crippen molar-refractivity contribution in [3.05, 3.63) is 58.7 Å². The number of aliphatic hydroxyl groups is 2. The highest BCUT2D eigenvalue weighted by atomic mass is 16.5. The standard InChI is InChI=1S/C27H40N2O4/c1-20-6-8-22(3)26(14-20)32-18-24(30)16-28-10-5-11-29(13-12-28)17-25(31)19-33-27-15-21(2)7-9-23(27)4/h6-9,14-15,24-25,30-31H,5,10-13,16-19H2,1-4H3. The van der Waals surface area contributed by atoms with Gasteiger partial charge in [0.15, 0.2) is 0 Å². The SMILES string of the molecule is Cc1ccc(C)c(OCC(O)CN2CCCN(CC(O)COc3cc(C)ccc3C)CC2)c1. The minimum absolute atomic E-state index is 0.291. The van der Waals surface area contributed by atoms with Crippen LogP contribution in [0.5, 0.6) is 11.5 Å². The molecule has 1 heterocycles. The van der Waals surface area contributed by atoms with Gasteiger partial charge in [-0.1, -0.05) is 24.3 Å². The van der Waals surface area contributed by atoms with Crippen molar-refractivity contribution < 1.29 is 19.7 Å². The quantitative estimate of drug-likeness (QED) is 0.573. The minimum Gasteiger partial charge on any atom is -0.491 e. The van der Waals surface area contributed by atoms with Gasteiger partial charge in [0, 0.05) is 26.2 Å². The molecule has 2 N–H and O–H groups in total. The Bertz CT molecular complexity index is 817. The Labute approximate surface area is 198 Å². The second-order valence-corrected chi connectivity index (χ2v) is 9.42. The van der Waals surface area contributed by atoms with Crippen molar-refractivity contribution in [2.75, 3.05) is 52.5 Å². The topological polar surface area (TPSA) is 65.4 Å². The maximum Gasteiger partial charge on any atom is 0.122 e. The molecular formula is C27H40N2O4. The molecule has 2 aromatic rings. The number of ether oxygens (including phenoxy) is 2. The summed E-state index contributed by atoms with van der Waals surface area (Å²) >= 11 is 0. The Kier molecular flexibility index (Phi) is 9.56. The van der Waals surface area contributed by atoms with Gasteiger partial charge in [0.2, 0.25) is 0 Å².